The third-order valence-electron chi connectivity index (χ3n) is 5.11. The number of aromatic nitrogens is 8. The molecule has 0 spiro atoms. The highest BCUT2D eigenvalue weighted by molar-refractivity contribution is 5.92. The van der Waals surface area contributed by atoms with Crippen molar-refractivity contribution in [3.05, 3.63) is 59.9 Å². The molecule has 0 saturated carbocycles. The number of tetrazole rings is 1. The van der Waals surface area contributed by atoms with Crippen LogP contribution in [0.15, 0.2) is 42.7 Å². The van der Waals surface area contributed by atoms with Crippen LogP contribution in [0.1, 0.15) is 61.5 Å². The number of benzene rings is 1. The van der Waals surface area contributed by atoms with E-state index in [1.807, 2.05) is 34.6 Å². The topological polar surface area (TPSA) is 107 Å². The normalized spacial score (nSPS) is 11.2. The molecule has 0 fully saturated rings. The summed E-state index contributed by atoms with van der Waals surface area (Å²) in [5.74, 6) is 1.86. The molecule has 1 N–H and O–H groups in total. The lowest BCUT2D eigenvalue weighted by molar-refractivity contribution is 0.0971. The van der Waals surface area contributed by atoms with E-state index in [4.69, 9.17) is 0 Å². The lowest BCUT2D eigenvalue weighted by atomic mass is 10.2. The van der Waals surface area contributed by atoms with Gasteiger partial charge in [0.25, 0.3) is 0 Å². The van der Waals surface area contributed by atoms with Crippen LogP contribution in [0.2, 0.25) is 0 Å². The van der Waals surface area contributed by atoms with Crippen LogP contribution in [0, 0.1) is 0 Å². The van der Waals surface area contributed by atoms with E-state index in [9.17, 15) is 4.79 Å². The van der Waals surface area contributed by atoms with Crippen molar-refractivity contribution < 1.29 is 4.79 Å². The fraction of sp³-hybridized carbons (Fsp3) is 0.364. The molecule has 4 aromatic rings. The van der Waals surface area contributed by atoms with Crippen molar-refractivity contribution in [3.63, 3.8) is 0 Å². The van der Waals surface area contributed by atoms with Crippen molar-refractivity contribution >= 4 is 5.78 Å². The predicted molar refractivity (Wildman–Crippen MR) is 116 cm³/mol. The average Bonchev–Trinajstić information content (AvgIpc) is 3.53. The van der Waals surface area contributed by atoms with E-state index >= 15 is 0 Å². The SMILES string of the molecule is CCCCc1nc(C(=O)CCC)nn1Cc1ccc(-n2ccc(-c3nnn[nH]3)c2)cc1. The Balaban J connectivity index is 1.51. The first kappa shape index (κ1) is 20.6. The summed E-state index contributed by atoms with van der Waals surface area (Å²) in [6.07, 6.45) is 8.14. The van der Waals surface area contributed by atoms with Crippen LogP contribution in [0.25, 0.3) is 17.1 Å². The number of carbonyl (C=O) groups excluding carboxylic acids is 1. The van der Waals surface area contributed by atoms with Crippen LogP contribution in [0.3, 0.4) is 0 Å². The summed E-state index contributed by atoms with van der Waals surface area (Å²) in [5.41, 5.74) is 3.06. The van der Waals surface area contributed by atoms with E-state index in [0.717, 1.165) is 48.3 Å². The number of nitrogens with one attached hydrogen (secondary N) is 1. The maximum absolute atomic E-state index is 12.3. The van der Waals surface area contributed by atoms with Crippen LogP contribution < -0.4 is 0 Å². The lowest BCUT2D eigenvalue weighted by Crippen LogP contribution is -2.08. The van der Waals surface area contributed by atoms with Gasteiger partial charge in [0.1, 0.15) is 5.82 Å². The molecule has 0 saturated heterocycles. The Morgan fingerprint density at radius 3 is 2.65 bits per heavy atom. The van der Waals surface area contributed by atoms with Gasteiger partial charge < -0.3 is 4.57 Å². The molecule has 9 nitrogen and oxygen atoms in total. The fourth-order valence-electron chi connectivity index (χ4n) is 3.40. The van der Waals surface area contributed by atoms with E-state index in [1.165, 1.54) is 0 Å². The molecule has 160 valence electrons. The number of ketones is 1. The smallest absolute Gasteiger partial charge is 0.217 e. The van der Waals surface area contributed by atoms with Crippen molar-refractivity contribution in [1.29, 1.82) is 0 Å². The van der Waals surface area contributed by atoms with E-state index < -0.39 is 0 Å². The molecule has 31 heavy (non-hydrogen) atoms. The van der Waals surface area contributed by atoms with Crippen LogP contribution in [-0.2, 0) is 13.0 Å². The summed E-state index contributed by atoms with van der Waals surface area (Å²) >= 11 is 0. The van der Waals surface area contributed by atoms with E-state index in [0.29, 0.717) is 24.6 Å². The van der Waals surface area contributed by atoms with E-state index in [1.54, 1.807) is 0 Å². The molecule has 4 rings (SSSR count). The Morgan fingerprint density at radius 1 is 1.10 bits per heavy atom. The summed E-state index contributed by atoms with van der Waals surface area (Å²) in [5, 5.41) is 18.5. The quantitative estimate of drug-likeness (QED) is 0.394. The third kappa shape index (κ3) is 4.76. The number of rotatable bonds is 10. The van der Waals surface area contributed by atoms with Gasteiger partial charge in [-0.1, -0.05) is 32.4 Å². The minimum absolute atomic E-state index is 0.0136. The maximum atomic E-state index is 12.3. The van der Waals surface area contributed by atoms with Gasteiger partial charge in [-0.3, -0.25) is 4.79 Å². The largest absolute Gasteiger partial charge is 0.323 e. The van der Waals surface area contributed by atoms with Crippen LogP contribution in [0.4, 0.5) is 0 Å². The van der Waals surface area contributed by atoms with Crippen LogP contribution in [0.5, 0.6) is 0 Å². The van der Waals surface area contributed by atoms with Gasteiger partial charge in [-0.15, -0.1) is 10.2 Å². The Bertz CT molecular complexity index is 1120. The minimum atomic E-state index is 0.0136. The molecule has 0 atom stereocenters. The Morgan fingerprint density at radius 2 is 1.94 bits per heavy atom. The molecule has 0 aliphatic rings. The van der Waals surface area contributed by atoms with Crippen molar-refractivity contribution in [2.45, 2.75) is 52.5 Å². The zero-order valence-corrected chi connectivity index (χ0v) is 17.8. The van der Waals surface area contributed by atoms with Gasteiger partial charge in [0.2, 0.25) is 11.6 Å². The van der Waals surface area contributed by atoms with Gasteiger partial charge >= 0.3 is 0 Å². The number of aromatic amines is 1. The Labute approximate surface area is 180 Å². The standard InChI is InChI=1S/C22H26N8O/c1-3-5-7-20-23-22(19(31)6-4-2)26-30(20)14-16-8-10-18(11-9-16)29-13-12-17(15-29)21-24-27-28-25-21/h8-13,15H,3-7,14H2,1-2H3,(H,24,25,27,28). The van der Waals surface area contributed by atoms with Gasteiger partial charge in [0.05, 0.1) is 6.54 Å². The number of aryl methyl sites for hydroxylation is 1. The number of H-pyrrole nitrogens is 1. The van der Waals surface area contributed by atoms with Gasteiger partial charge in [0, 0.05) is 36.5 Å². The number of hydrogen-bond acceptors (Lipinski definition) is 6. The van der Waals surface area contributed by atoms with Gasteiger partial charge in [-0.05, 0) is 47.0 Å². The van der Waals surface area contributed by atoms with Gasteiger partial charge in [-0.2, -0.15) is 0 Å². The molecule has 0 radical (unpaired) electrons. The molecule has 1 aromatic carbocycles. The second-order valence-electron chi connectivity index (χ2n) is 7.51. The zero-order chi connectivity index (χ0) is 21.6. The summed E-state index contributed by atoms with van der Waals surface area (Å²) in [6.45, 7) is 4.73. The molecule has 0 bridgehead atoms. The number of hydrogen-bond donors (Lipinski definition) is 1. The number of Topliss-reactive ketones (excluding diaryl/α,β-unsaturated/α-hetero) is 1. The van der Waals surface area contributed by atoms with E-state index in [2.05, 4.69) is 61.9 Å². The second-order valence-corrected chi connectivity index (χ2v) is 7.51. The minimum Gasteiger partial charge on any atom is -0.323 e. The summed E-state index contributed by atoms with van der Waals surface area (Å²) in [7, 11) is 0. The Kier molecular flexibility index (Phi) is 6.30. The molecular weight excluding hydrogens is 392 g/mol. The van der Waals surface area contributed by atoms with E-state index in [-0.39, 0.29) is 5.78 Å². The first-order valence-electron chi connectivity index (χ1n) is 10.7. The van der Waals surface area contributed by atoms with Gasteiger partial charge in [-0.25, -0.2) is 14.8 Å². The third-order valence-corrected chi connectivity index (χ3v) is 5.11. The zero-order valence-electron chi connectivity index (χ0n) is 17.8. The summed E-state index contributed by atoms with van der Waals surface area (Å²) in [4.78, 5) is 16.8. The molecule has 0 amide bonds. The second kappa shape index (κ2) is 9.46. The summed E-state index contributed by atoms with van der Waals surface area (Å²) < 4.78 is 3.89. The number of nitrogens with zero attached hydrogens (tertiary/aromatic N) is 7. The number of carbonyl (C=O) groups is 1. The van der Waals surface area contributed by atoms with Crippen LogP contribution in [-0.4, -0.2) is 45.7 Å². The first-order chi connectivity index (χ1) is 15.2. The Hall–Kier alpha value is -3.62. The molecule has 3 aromatic heterocycles. The van der Waals surface area contributed by atoms with Crippen molar-refractivity contribution in [2.24, 2.45) is 0 Å². The highest BCUT2D eigenvalue weighted by Gasteiger charge is 2.16. The molecule has 3 heterocycles. The molecule has 0 aliphatic heterocycles. The van der Waals surface area contributed by atoms with Crippen LogP contribution >= 0.6 is 0 Å². The highest BCUT2D eigenvalue weighted by Crippen LogP contribution is 2.18. The maximum Gasteiger partial charge on any atom is 0.217 e. The monoisotopic (exact) mass is 418 g/mol. The van der Waals surface area contributed by atoms with Crippen molar-refractivity contribution in [3.8, 4) is 17.1 Å². The molecule has 0 aliphatic carbocycles. The van der Waals surface area contributed by atoms with Gasteiger partial charge in [0.15, 0.2) is 5.82 Å². The summed E-state index contributed by atoms with van der Waals surface area (Å²) in [6, 6.07) is 10.2. The first-order valence-corrected chi connectivity index (χ1v) is 10.7. The van der Waals surface area contributed by atoms with Crippen molar-refractivity contribution in [1.82, 2.24) is 40.0 Å². The number of unbranched alkanes of at least 4 members (excludes halogenated alkanes) is 1. The fourth-order valence-corrected chi connectivity index (χ4v) is 3.40. The lowest BCUT2D eigenvalue weighted by Gasteiger charge is -2.08. The molecular formula is C22H26N8O. The van der Waals surface area contributed by atoms with Crippen molar-refractivity contribution in [2.75, 3.05) is 0 Å². The molecule has 9 heteroatoms. The molecule has 0 unspecified atom stereocenters. The average molecular weight is 419 g/mol. The highest BCUT2D eigenvalue weighted by atomic mass is 16.1. The predicted octanol–water partition coefficient (Wildman–Crippen LogP) is 3.62.